The Bertz CT molecular complexity index is 1370. The molecule has 2 saturated heterocycles. The molecule has 5 rings (SSSR count). The number of hydrogen-bond acceptors (Lipinski definition) is 9. The summed E-state index contributed by atoms with van der Waals surface area (Å²) >= 11 is 0. The topological polar surface area (TPSA) is 144 Å². The van der Waals surface area contributed by atoms with Crippen molar-refractivity contribution >= 4 is 17.7 Å². The number of carbonyl (C=O) groups is 1. The number of hydrogen-bond donors (Lipinski definition) is 3. The van der Waals surface area contributed by atoms with Crippen LogP contribution in [0, 0.1) is 19.3 Å². The Labute approximate surface area is 222 Å². The zero-order valence-electron chi connectivity index (χ0n) is 21.4. The van der Waals surface area contributed by atoms with Gasteiger partial charge in [0.2, 0.25) is 17.9 Å². The Balaban J connectivity index is 1.40. The zero-order chi connectivity index (χ0) is 27.9. The lowest BCUT2D eigenvalue weighted by Gasteiger charge is -2.39. The fourth-order valence-corrected chi connectivity index (χ4v) is 5.24. The Kier molecular flexibility index (Phi) is 6.83. The maximum Gasteiger partial charge on any atom is 0.429 e. The Hall–Kier alpha value is -3.94. The number of aryl methyl sites for hydroxylation is 2. The fraction of sp³-hybridized carbons (Fsp3) is 0.480. The van der Waals surface area contributed by atoms with Crippen LogP contribution in [-0.2, 0) is 4.79 Å². The highest BCUT2D eigenvalue weighted by atomic mass is 19.4. The van der Waals surface area contributed by atoms with Gasteiger partial charge in [0, 0.05) is 43.2 Å². The van der Waals surface area contributed by atoms with Crippen molar-refractivity contribution in [3.05, 3.63) is 47.4 Å². The molecule has 5 heterocycles. The third-order valence-electron chi connectivity index (χ3n) is 7.32. The van der Waals surface area contributed by atoms with E-state index in [9.17, 15) is 23.1 Å². The van der Waals surface area contributed by atoms with E-state index in [1.54, 1.807) is 19.9 Å². The van der Waals surface area contributed by atoms with Crippen molar-refractivity contribution in [3.8, 4) is 11.7 Å². The number of nitrogens with one attached hydrogen (secondary N) is 1. The van der Waals surface area contributed by atoms with Gasteiger partial charge in [-0.3, -0.25) is 4.79 Å². The van der Waals surface area contributed by atoms with Gasteiger partial charge >= 0.3 is 12.1 Å². The van der Waals surface area contributed by atoms with Gasteiger partial charge in [0.15, 0.2) is 5.82 Å². The van der Waals surface area contributed by atoms with Gasteiger partial charge in [0.05, 0.1) is 5.69 Å². The minimum Gasteiger partial charge on any atom is -0.480 e. The quantitative estimate of drug-likeness (QED) is 0.422. The molecule has 2 aliphatic heterocycles. The van der Waals surface area contributed by atoms with Gasteiger partial charge in [0.25, 0.3) is 0 Å². The third kappa shape index (κ3) is 5.60. The van der Waals surface area contributed by atoms with Crippen molar-refractivity contribution in [2.24, 2.45) is 5.41 Å². The van der Waals surface area contributed by atoms with Gasteiger partial charge in [-0.2, -0.15) is 28.2 Å². The second-order valence-corrected chi connectivity index (χ2v) is 10.2. The van der Waals surface area contributed by atoms with Crippen LogP contribution in [0.2, 0.25) is 0 Å². The second-order valence-electron chi connectivity index (χ2n) is 10.2. The monoisotopic (exact) mass is 546 g/mol. The summed E-state index contributed by atoms with van der Waals surface area (Å²) in [5, 5.41) is 16.6. The lowest BCUT2D eigenvalue weighted by Crippen LogP contribution is -2.41. The minimum atomic E-state index is -4.80. The highest BCUT2D eigenvalue weighted by Crippen LogP contribution is 2.42. The lowest BCUT2D eigenvalue weighted by atomic mass is 9.76. The molecule has 1 spiro atoms. The molecule has 1 unspecified atom stereocenters. The summed E-state index contributed by atoms with van der Waals surface area (Å²) in [4.78, 5) is 25.7. The average Bonchev–Trinajstić information content (AvgIpc) is 3.49. The summed E-state index contributed by atoms with van der Waals surface area (Å²) in [5.41, 5.74) is 6.66. The number of carboxylic acid groups (broad SMARTS) is 1. The molecule has 0 radical (unpaired) electrons. The largest absolute Gasteiger partial charge is 0.480 e. The Morgan fingerprint density at radius 2 is 1.92 bits per heavy atom. The number of alkyl halides is 3. The Morgan fingerprint density at radius 1 is 1.18 bits per heavy atom. The van der Waals surface area contributed by atoms with Crippen molar-refractivity contribution in [1.82, 2.24) is 30.0 Å². The van der Waals surface area contributed by atoms with Gasteiger partial charge in [-0.15, -0.1) is 0 Å². The number of halogens is 3. The molecule has 2 aliphatic rings. The summed E-state index contributed by atoms with van der Waals surface area (Å²) in [6.45, 7) is 5.09. The molecule has 14 heteroatoms. The number of piperidine rings is 1. The van der Waals surface area contributed by atoms with Crippen LogP contribution < -0.4 is 20.7 Å². The van der Waals surface area contributed by atoms with Crippen molar-refractivity contribution in [2.45, 2.75) is 51.4 Å². The van der Waals surface area contributed by atoms with Crippen molar-refractivity contribution < 1.29 is 27.8 Å². The molecule has 39 heavy (non-hydrogen) atoms. The van der Waals surface area contributed by atoms with Gasteiger partial charge in [-0.05, 0) is 56.7 Å². The first-order valence-electron chi connectivity index (χ1n) is 12.5. The van der Waals surface area contributed by atoms with E-state index in [4.69, 9.17) is 10.5 Å². The van der Waals surface area contributed by atoms with Crippen molar-refractivity contribution in [2.75, 3.05) is 30.3 Å². The molecule has 2 fully saturated rings. The number of rotatable bonds is 6. The third-order valence-corrected chi connectivity index (χ3v) is 7.32. The number of anilines is 2. The molecule has 4 N–H and O–H groups in total. The number of nitrogens with zero attached hydrogens (tertiary/aromatic N) is 6. The van der Waals surface area contributed by atoms with Gasteiger partial charge in [0.1, 0.15) is 11.9 Å². The van der Waals surface area contributed by atoms with Crippen LogP contribution in [-0.4, -0.2) is 67.7 Å². The van der Waals surface area contributed by atoms with E-state index in [0.717, 1.165) is 0 Å². The molecule has 3 aromatic heterocycles. The van der Waals surface area contributed by atoms with E-state index >= 15 is 0 Å². The molecule has 0 aromatic carbocycles. The second kappa shape index (κ2) is 9.98. The SMILES string of the molecule is Cc1ccc([C@@H](Oc2cc(N3CCC4(CC3)CNC(C(=O)O)C4)nc(N)n2)C(F)(F)F)c(-n2ccc(C)n2)n1. The van der Waals surface area contributed by atoms with Gasteiger partial charge in [-0.1, -0.05) is 0 Å². The molecule has 208 valence electrons. The smallest absolute Gasteiger partial charge is 0.429 e. The predicted octanol–water partition coefficient (Wildman–Crippen LogP) is 2.97. The van der Waals surface area contributed by atoms with Crippen LogP contribution in [0.1, 0.15) is 42.3 Å². The standard InChI is InChI=1S/C25H29F3N8O3/c1-14-3-4-16(21(31-14)36-8-5-15(2)34-36)20(25(26,27)28)39-19-11-18(32-23(29)33-19)35-9-6-24(7-10-35)12-17(22(37)38)30-13-24/h3-5,8,11,17,20,30H,6-7,9-10,12-13H2,1-2H3,(H,37,38)(H2,29,32,33)/t17?,20-/m1/s1. The first-order chi connectivity index (χ1) is 18.4. The summed E-state index contributed by atoms with van der Waals surface area (Å²) in [5.74, 6) is -1.06. The van der Waals surface area contributed by atoms with E-state index in [2.05, 4.69) is 25.4 Å². The van der Waals surface area contributed by atoms with E-state index in [1.807, 2.05) is 4.90 Å². The maximum atomic E-state index is 14.4. The summed E-state index contributed by atoms with van der Waals surface area (Å²) in [6, 6.07) is 5.24. The van der Waals surface area contributed by atoms with E-state index in [-0.39, 0.29) is 28.6 Å². The normalized spacial score (nSPS) is 19.8. The van der Waals surface area contributed by atoms with Gasteiger partial charge in [-0.25, -0.2) is 9.67 Å². The van der Waals surface area contributed by atoms with Crippen LogP contribution in [0.4, 0.5) is 24.9 Å². The molecular weight excluding hydrogens is 517 g/mol. The molecule has 11 nitrogen and oxygen atoms in total. The first-order valence-corrected chi connectivity index (χ1v) is 12.5. The highest BCUT2D eigenvalue weighted by molar-refractivity contribution is 5.74. The zero-order valence-corrected chi connectivity index (χ0v) is 21.4. The summed E-state index contributed by atoms with van der Waals surface area (Å²) in [7, 11) is 0. The van der Waals surface area contributed by atoms with Crippen molar-refractivity contribution in [3.63, 3.8) is 0 Å². The van der Waals surface area contributed by atoms with E-state index < -0.39 is 24.3 Å². The average molecular weight is 547 g/mol. The predicted molar refractivity (Wildman–Crippen MR) is 135 cm³/mol. The lowest BCUT2D eigenvalue weighted by molar-refractivity contribution is -0.198. The van der Waals surface area contributed by atoms with Crippen molar-refractivity contribution in [1.29, 1.82) is 0 Å². The first kappa shape index (κ1) is 26.7. The fourth-order valence-electron chi connectivity index (χ4n) is 5.24. The highest BCUT2D eigenvalue weighted by Gasteiger charge is 2.46. The summed E-state index contributed by atoms with van der Waals surface area (Å²) < 4.78 is 49.9. The number of ether oxygens (including phenoxy) is 1. The molecule has 0 bridgehead atoms. The van der Waals surface area contributed by atoms with Crippen LogP contribution in [0.3, 0.4) is 0 Å². The number of carboxylic acids is 1. The van der Waals surface area contributed by atoms with Gasteiger partial charge < -0.3 is 25.8 Å². The molecule has 0 aliphatic carbocycles. The maximum absolute atomic E-state index is 14.4. The molecule has 0 amide bonds. The Morgan fingerprint density at radius 3 is 2.54 bits per heavy atom. The van der Waals surface area contributed by atoms with E-state index in [1.165, 1.54) is 29.1 Å². The molecule has 3 aromatic rings. The molecule has 0 saturated carbocycles. The van der Waals surface area contributed by atoms with Crippen LogP contribution in [0.15, 0.2) is 30.5 Å². The number of pyridine rings is 1. The van der Waals surface area contributed by atoms with Crippen LogP contribution in [0.25, 0.3) is 5.82 Å². The number of aromatic nitrogens is 5. The van der Waals surface area contributed by atoms with Crippen LogP contribution in [0.5, 0.6) is 5.88 Å². The number of aliphatic carboxylic acids is 1. The number of nitrogens with two attached hydrogens (primary N) is 1. The number of nitrogen functional groups attached to an aromatic ring is 1. The molecule has 2 atom stereocenters. The molecular formula is C25H29F3N8O3. The van der Waals surface area contributed by atoms with Crippen LogP contribution >= 0.6 is 0 Å². The minimum absolute atomic E-state index is 0.00107. The summed E-state index contributed by atoms with van der Waals surface area (Å²) in [6.07, 6.45) is -3.72. The van der Waals surface area contributed by atoms with E-state index in [0.29, 0.717) is 56.1 Å².